The van der Waals surface area contributed by atoms with E-state index in [1.54, 1.807) is 0 Å². The van der Waals surface area contributed by atoms with Crippen LogP contribution in [0.5, 0.6) is 0 Å². The zero-order valence-electron chi connectivity index (χ0n) is 15.2. The van der Waals surface area contributed by atoms with E-state index in [9.17, 15) is 5.11 Å². The third-order valence-corrected chi connectivity index (χ3v) is 6.16. The van der Waals surface area contributed by atoms with Gasteiger partial charge in [-0.05, 0) is 44.4 Å². The predicted octanol–water partition coefficient (Wildman–Crippen LogP) is 4.95. The summed E-state index contributed by atoms with van der Waals surface area (Å²) in [6, 6.07) is 8.58. The van der Waals surface area contributed by atoms with Crippen LogP contribution in [0.15, 0.2) is 24.3 Å². The molecule has 2 aromatic rings. The summed E-state index contributed by atoms with van der Waals surface area (Å²) in [5, 5.41) is 18.5. The molecule has 132 valence electrons. The van der Waals surface area contributed by atoms with Crippen LogP contribution in [0, 0.1) is 6.92 Å². The summed E-state index contributed by atoms with van der Waals surface area (Å²) < 4.78 is 0. The lowest BCUT2D eigenvalue weighted by atomic mass is 9.77. The van der Waals surface area contributed by atoms with Crippen molar-refractivity contribution in [1.82, 2.24) is 0 Å². The van der Waals surface area contributed by atoms with Crippen LogP contribution in [0.25, 0.3) is 11.1 Å². The van der Waals surface area contributed by atoms with E-state index in [-0.39, 0.29) is 11.5 Å². The van der Waals surface area contributed by atoms with E-state index in [4.69, 9.17) is 11.6 Å². The Morgan fingerprint density at radius 3 is 2.72 bits per heavy atom. The Labute approximate surface area is 154 Å². The highest BCUT2D eigenvalue weighted by Gasteiger charge is 2.40. The first kappa shape index (κ1) is 16.7. The minimum absolute atomic E-state index is 0.0258. The summed E-state index contributed by atoms with van der Waals surface area (Å²) in [5.74, 6) is -0.0258. The van der Waals surface area contributed by atoms with E-state index < -0.39 is 6.10 Å². The molecule has 3 nitrogen and oxygen atoms in total. The van der Waals surface area contributed by atoms with Crippen molar-refractivity contribution in [1.29, 1.82) is 0 Å². The number of hydrogen-bond acceptors (Lipinski definition) is 3. The van der Waals surface area contributed by atoms with Gasteiger partial charge in [-0.1, -0.05) is 36.7 Å². The molecular weight excluding hydrogens is 332 g/mol. The fourth-order valence-electron chi connectivity index (χ4n) is 4.35. The van der Waals surface area contributed by atoms with Crippen molar-refractivity contribution in [3.05, 3.63) is 46.0 Å². The third-order valence-electron chi connectivity index (χ3n) is 5.75. The SMILES string of the molecule is Cc1cc(-c2cccc3c2NCC3)c(Cl)c2c1NC(C)(C)C(O)C2C. The molecule has 0 bridgehead atoms. The zero-order chi connectivity index (χ0) is 17.9. The van der Waals surface area contributed by atoms with Crippen molar-refractivity contribution < 1.29 is 5.11 Å². The molecule has 4 rings (SSSR count). The van der Waals surface area contributed by atoms with Gasteiger partial charge in [-0.25, -0.2) is 0 Å². The van der Waals surface area contributed by atoms with Crippen molar-refractivity contribution in [2.75, 3.05) is 17.2 Å². The summed E-state index contributed by atoms with van der Waals surface area (Å²) in [4.78, 5) is 0. The Balaban J connectivity index is 1.94. The van der Waals surface area contributed by atoms with Crippen LogP contribution in [0.1, 0.15) is 43.4 Å². The Morgan fingerprint density at radius 2 is 1.96 bits per heavy atom. The maximum Gasteiger partial charge on any atom is 0.0831 e. The molecular formula is C21H25ClN2O. The molecule has 0 aromatic heterocycles. The molecule has 2 aromatic carbocycles. The average molecular weight is 357 g/mol. The first-order chi connectivity index (χ1) is 11.8. The number of aliphatic hydroxyl groups excluding tert-OH is 1. The second-order valence-corrected chi connectivity index (χ2v) is 8.32. The number of aliphatic hydroxyl groups is 1. The number of halogens is 1. The predicted molar refractivity (Wildman–Crippen MR) is 106 cm³/mol. The molecule has 2 heterocycles. The van der Waals surface area contributed by atoms with Crippen LogP contribution in [-0.4, -0.2) is 23.3 Å². The van der Waals surface area contributed by atoms with E-state index in [1.165, 1.54) is 11.3 Å². The molecule has 2 aliphatic rings. The number of benzene rings is 2. The monoisotopic (exact) mass is 356 g/mol. The molecule has 4 heteroatoms. The van der Waals surface area contributed by atoms with Crippen LogP contribution in [0.3, 0.4) is 0 Å². The summed E-state index contributed by atoms with van der Waals surface area (Å²) in [6.45, 7) is 9.22. The van der Waals surface area contributed by atoms with Gasteiger partial charge in [0.05, 0.1) is 16.7 Å². The highest BCUT2D eigenvalue weighted by atomic mass is 35.5. The van der Waals surface area contributed by atoms with E-state index in [1.807, 2.05) is 13.8 Å². The fourth-order valence-corrected chi connectivity index (χ4v) is 4.77. The van der Waals surface area contributed by atoms with Gasteiger partial charge in [0.1, 0.15) is 0 Å². The van der Waals surface area contributed by atoms with Crippen molar-refractivity contribution in [2.45, 2.75) is 51.7 Å². The number of fused-ring (bicyclic) bond motifs is 2. The van der Waals surface area contributed by atoms with Crippen LogP contribution in [-0.2, 0) is 6.42 Å². The second-order valence-electron chi connectivity index (χ2n) is 7.94. The largest absolute Gasteiger partial charge is 0.390 e. The molecule has 2 aliphatic heterocycles. The minimum atomic E-state index is -0.494. The van der Waals surface area contributed by atoms with Crippen molar-refractivity contribution in [2.24, 2.45) is 0 Å². The fraction of sp³-hybridized carbons (Fsp3) is 0.429. The number of para-hydroxylation sites is 1. The Kier molecular flexibility index (Phi) is 3.78. The minimum Gasteiger partial charge on any atom is -0.390 e. The van der Waals surface area contributed by atoms with E-state index in [0.29, 0.717) is 0 Å². The Bertz CT molecular complexity index is 859. The van der Waals surface area contributed by atoms with Gasteiger partial charge in [-0.2, -0.15) is 0 Å². The molecule has 0 amide bonds. The lowest BCUT2D eigenvalue weighted by Gasteiger charge is -2.43. The Hall–Kier alpha value is -1.71. The molecule has 2 atom stereocenters. The molecule has 2 unspecified atom stereocenters. The number of aryl methyl sites for hydroxylation is 1. The number of rotatable bonds is 1. The van der Waals surface area contributed by atoms with Crippen LogP contribution in [0.4, 0.5) is 11.4 Å². The van der Waals surface area contributed by atoms with Crippen LogP contribution < -0.4 is 10.6 Å². The number of anilines is 2. The van der Waals surface area contributed by atoms with E-state index in [0.717, 1.165) is 45.9 Å². The van der Waals surface area contributed by atoms with Gasteiger partial charge in [0.2, 0.25) is 0 Å². The highest BCUT2D eigenvalue weighted by molar-refractivity contribution is 6.35. The van der Waals surface area contributed by atoms with Gasteiger partial charge in [-0.3, -0.25) is 0 Å². The highest BCUT2D eigenvalue weighted by Crippen LogP contribution is 2.49. The van der Waals surface area contributed by atoms with Gasteiger partial charge in [0.15, 0.2) is 0 Å². The first-order valence-electron chi connectivity index (χ1n) is 8.96. The normalized spacial score (nSPS) is 23.4. The van der Waals surface area contributed by atoms with E-state index >= 15 is 0 Å². The summed E-state index contributed by atoms with van der Waals surface area (Å²) in [5.41, 5.74) is 7.62. The standard InChI is InChI=1S/C21H25ClN2O/c1-11-10-15(14-7-5-6-13-8-9-23-19(13)14)17(22)16-12(2)20(25)21(3,4)24-18(11)16/h5-7,10,12,20,23-25H,8-9H2,1-4H3. The summed E-state index contributed by atoms with van der Waals surface area (Å²) in [7, 11) is 0. The lowest BCUT2D eigenvalue weighted by Crippen LogP contribution is -2.50. The van der Waals surface area contributed by atoms with Gasteiger partial charge in [0.25, 0.3) is 0 Å². The first-order valence-corrected chi connectivity index (χ1v) is 9.34. The Morgan fingerprint density at radius 1 is 1.20 bits per heavy atom. The van der Waals surface area contributed by atoms with Crippen LogP contribution >= 0.6 is 11.6 Å². The quantitative estimate of drug-likeness (QED) is 0.677. The zero-order valence-corrected chi connectivity index (χ0v) is 16.0. The number of hydrogen-bond donors (Lipinski definition) is 3. The number of nitrogens with one attached hydrogen (secondary N) is 2. The average Bonchev–Trinajstić information content (AvgIpc) is 3.04. The van der Waals surface area contributed by atoms with Crippen molar-refractivity contribution in [3.8, 4) is 11.1 Å². The van der Waals surface area contributed by atoms with E-state index in [2.05, 4.69) is 48.7 Å². The van der Waals surface area contributed by atoms with Crippen molar-refractivity contribution >= 4 is 23.0 Å². The molecule has 0 radical (unpaired) electrons. The second kappa shape index (κ2) is 5.65. The molecule has 3 N–H and O–H groups in total. The molecule has 0 spiro atoms. The van der Waals surface area contributed by atoms with Gasteiger partial charge < -0.3 is 15.7 Å². The van der Waals surface area contributed by atoms with Crippen LogP contribution in [0.2, 0.25) is 5.02 Å². The molecule has 25 heavy (non-hydrogen) atoms. The molecule has 0 saturated carbocycles. The topological polar surface area (TPSA) is 44.3 Å². The lowest BCUT2D eigenvalue weighted by molar-refractivity contribution is 0.0869. The maximum absolute atomic E-state index is 10.8. The van der Waals surface area contributed by atoms with Gasteiger partial charge >= 0.3 is 0 Å². The molecule has 0 fully saturated rings. The summed E-state index contributed by atoms with van der Waals surface area (Å²) in [6.07, 6.45) is 0.557. The third kappa shape index (κ3) is 2.44. The molecule has 0 aliphatic carbocycles. The van der Waals surface area contributed by atoms with Gasteiger partial charge in [-0.15, -0.1) is 0 Å². The smallest absolute Gasteiger partial charge is 0.0831 e. The van der Waals surface area contributed by atoms with Gasteiger partial charge in [0, 0.05) is 40.5 Å². The summed E-state index contributed by atoms with van der Waals surface area (Å²) >= 11 is 6.91. The van der Waals surface area contributed by atoms with Crippen molar-refractivity contribution in [3.63, 3.8) is 0 Å². The maximum atomic E-state index is 10.8. The molecule has 0 saturated heterocycles.